The van der Waals surface area contributed by atoms with Gasteiger partial charge in [-0.05, 0) is 32.1 Å². The second kappa shape index (κ2) is 11.1. The van der Waals surface area contributed by atoms with Gasteiger partial charge in [-0.2, -0.15) is 0 Å². The van der Waals surface area contributed by atoms with Gasteiger partial charge in [-0.15, -0.1) is 24.0 Å². The molecular formula is C12H26IN3O. The van der Waals surface area contributed by atoms with Gasteiger partial charge in [0.15, 0.2) is 5.96 Å². The largest absolute Gasteiger partial charge is 0.378 e. The van der Waals surface area contributed by atoms with Crippen LogP contribution in [0.2, 0.25) is 0 Å². The fourth-order valence-corrected chi connectivity index (χ4v) is 2.08. The van der Waals surface area contributed by atoms with Crippen LogP contribution in [-0.4, -0.2) is 25.2 Å². The van der Waals surface area contributed by atoms with Crippen LogP contribution in [0.15, 0.2) is 4.99 Å². The third kappa shape index (κ3) is 9.64. The van der Waals surface area contributed by atoms with Crippen LogP contribution in [0.5, 0.6) is 0 Å². The van der Waals surface area contributed by atoms with Crippen molar-refractivity contribution in [2.24, 2.45) is 16.5 Å². The number of halogens is 1. The average molecular weight is 355 g/mol. The van der Waals surface area contributed by atoms with Crippen molar-refractivity contribution in [3.63, 3.8) is 0 Å². The van der Waals surface area contributed by atoms with Crippen molar-refractivity contribution in [1.82, 2.24) is 0 Å². The van der Waals surface area contributed by atoms with Crippen LogP contribution in [0.25, 0.3) is 0 Å². The molecule has 0 aromatic rings. The van der Waals surface area contributed by atoms with Crippen LogP contribution in [0.4, 0.5) is 0 Å². The molecule has 0 amide bonds. The summed E-state index contributed by atoms with van der Waals surface area (Å²) in [6, 6.07) is 0. The number of unbranched alkanes of at least 4 members (excludes halogenated alkanes) is 2. The molecule has 1 fully saturated rings. The first-order chi connectivity index (χ1) is 7.79. The molecule has 4 N–H and O–H groups in total. The molecule has 0 aromatic carbocycles. The molecule has 102 valence electrons. The summed E-state index contributed by atoms with van der Waals surface area (Å²) in [6.07, 6.45) is 10.4. The summed E-state index contributed by atoms with van der Waals surface area (Å²) in [5, 5.41) is 0. The lowest BCUT2D eigenvalue weighted by Crippen LogP contribution is -2.22. The minimum absolute atomic E-state index is 0. The second-order valence-corrected chi connectivity index (χ2v) is 4.50. The summed E-state index contributed by atoms with van der Waals surface area (Å²) >= 11 is 0. The van der Waals surface area contributed by atoms with Crippen LogP contribution in [0.1, 0.15) is 51.4 Å². The molecule has 0 saturated heterocycles. The molecule has 0 radical (unpaired) electrons. The Balaban J connectivity index is 0.00000256. The lowest BCUT2D eigenvalue weighted by Gasteiger charge is -2.21. The topological polar surface area (TPSA) is 73.6 Å². The fourth-order valence-electron chi connectivity index (χ4n) is 2.08. The highest BCUT2D eigenvalue weighted by Crippen LogP contribution is 2.20. The number of nitrogens with two attached hydrogens (primary N) is 2. The summed E-state index contributed by atoms with van der Waals surface area (Å²) < 4.78 is 5.83. The molecule has 1 aliphatic rings. The summed E-state index contributed by atoms with van der Waals surface area (Å²) in [4.78, 5) is 3.94. The van der Waals surface area contributed by atoms with Crippen LogP contribution in [0, 0.1) is 0 Å². The van der Waals surface area contributed by atoms with Crippen LogP contribution < -0.4 is 11.5 Å². The molecule has 0 atom stereocenters. The highest BCUT2D eigenvalue weighted by molar-refractivity contribution is 14.0. The Bertz CT molecular complexity index is 202. The first kappa shape index (κ1) is 17.0. The third-order valence-corrected chi connectivity index (χ3v) is 3.00. The predicted molar refractivity (Wildman–Crippen MR) is 82.8 cm³/mol. The second-order valence-electron chi connectivity index (χ2n) is 4.50. The Morgan fingerprint density at radius 1 is 1.06 bits per heavy atom. The monoisotopic (exact) mass is 355 g/mol. The van der Waals surface area contributed by atoms with Gasteiger partial charge in [0.1, 0.15) is 0 Å². The number of hydrogen-bond acceptors (Lipinski definition) is 2. The summed E-state index contributed by atoms with van der Waals surface area (Å²) in [5.41, 5.74) is 10.5. The maximum absolute atomic E-state index is 5.83. The number of guanidine groups is 1. The Morgan fingerprint density at radius 3 is 2.41 bits per heavy atom. The molecule has 17 heavy (non-hydrogen) atoms. The van der Waals surface area contributed by atoms with Crippen molar-refractivity contribution in [1.29, 1.82) is 0 Å². The quantitative estimate of drug-likeness (QED) is 0.319. The minimum atomic E-state index is 0. The lowest BCUT2D eigenvalue weighted by atomic mass is 9.98. The third-order valence-electron chi connectivity index (χ3n) is 3.00. The van der Waals surface area contributed by atoms with Gasteiger partial charge in [-0.25, -0.2) is 0 Å². The van der Waals surface area contributed by atoms with Crippen molar-refractivity contribution in [3.05, 3.63) is 0 Å². The molecular weight excluding hydrogens is 329 g/mol. The Kier molecular flexibility index (Phi) is 11.0. The number of rotatable bonds is 7. The van der Waals surface area contributed by atoms with E-state index in [-0.39, 0.29) is 29.9 Å². The molecule has 0 unspecified atom stereocenters. The number of ether oxygens (including phenoxy) is 1. The van der Waals surface area contributed by atoms with Crippen LogP contribution >= 0.6 is 24.0 Å². The van der Waals surface area contributed by atoms with Crippen molar-refractivity contribution >= 4 is 29.9 Å². The van der Waals surface area contributed by atoms with E-state index in [1.54, 1.807) is 0 Å². The molecule has 0 bridgehead atoms. The number of aliphatic imine (C=N–C) groups is 1. The van der Waals surface area contributed by atoms with Crippen molar-refractivity contribution in [2.45, 2.75) is 57.5 Å². The normalized spacial score (nSPS) is 16.2. The molecule has 4 nitrogen and oxygen atoms in total. The van der Waals surface area contributed by atoms with Crippen LogP contribution in [0.3, 0.4) is 0 Å². The smallest absolute Gasteiger partial charge is 0.185 e. The summed E-state index contributed by atoms with van der Waals surface area (Å²) in [7, 11) is 0. The Morgan fingerprint density at radius 2 is 1.76 bits per heavy atom. The van der Waals surface area contributed by atoms with Gasteiger partial charge in [0, 0.05) is 13.2 Å². The molecule has 1 saturated carbocycles. The van der Waals surface area contributed by atoms with Gasteiger partial charge in [0.2, 0.25) is 0 Å². The average Bonchev–Trinajstić information content (AvgIpc) is 2.29. The Hall–Kier alpha value is -0.0400. The molecule has 0 heterocycles. The van der Waals surface area contributed by atoms with Gasteiger partial charge in [-0.1, -0.05) is 19.3 Å². The molecule has 5 heteroatoms. The standard InChI is InChI=1S/C12H25N3O.HI/c13-12(14)15-9-5-2-6-10-16-11-7-3-1-4-8-11;/h11H,1-10H2,(H4,13,14,15);1H. The molecule has 0 aliphatic heterocycles. The van der Waals surface area contributed by atoms with E-state index in [0.717, 1.165) is 32.4 Å². The Labute approximate surface area is 122 Å². The van der Waals surface area contributed by atoms with E-state index >= 15 is 0 Å². The zero-order chi connectivity index (χ0) is 11.6. The van der Waals surface area contributed by atoms with Gasteiger partial charge in [0.05, 0.1) is 6.10 Å². The van der Waals surface area contributed by atoms with E-state index in [4.69, 9.17) is 16.2 Å². The van der Waals surface area contributed by atoms with E-state index in [9.17, 15) is 0 Å². The minimum Gasteiger partial charge on any atom is -0.378 e. The zero-order valence-electron chi connectivity index (χ0n) is 10.6. The van der Waals surface area contributed by atoms with E-state index in [1.807, 2.05) is 0 Å². The molecule has 0 spiro atoms. The highest BCUT2D eigenvalue weighted by Gasteiger charge is 2.12. The highest BCUT2D eigenvalue weighted by atomic mass is 127. The first-order valence-corrected chi connectivity index (χ1v) is 6.46. The maximum Gasteiger partial charge on any atom is 0.185 e. The van der Waals surface area contributed by atoms with Crippen molar-refractivity contribution in [2.75, 3.05) is 13.2 Å². The van der Waals surface area contributed by atoms with Gasteiger partial charge >= 0.3 is 0 Å². The molecule has 0 aromatic heterocycles. The summed E-state index contributed by atoms with van der Waals surface area (Å²) in [6.45, 7) is 1.64. The lowest BCUT2D eigenvalue weighted by molar-refractivity contribution is 0.0264. The van der Waals surface area contributed by atoms with Crippen molar-refractivity contribution < 1.29 is 4.74 Å². The maximum atomic E-state index is 5.83. The zero-order valence-corrected chi connectivity index (χ0v) is 12.9. The molecule has 1 rings (SSSR count). The predicted octanol–water partition coefficient (Wildman–Crippen LogP) is 2.40. The summed E-state index contributed by atoms with van der Waals surface area (Å²) in [5.74, 6) is 0.193. The van der Waals surface area contributed by atoms with E-state index in [2.05, 4.69) is 4.99 Å². The van der Waals surface area contributed by atoms with E-state index in [1.165, 1.54) is 32.1 Å². The van der Waals surface area contributed by atoms with E-state index in [0.29, 0.717) is 6.10 Å². The number of hydrogen-bond donors (Lipinski definition) is 2. The van der Waals surface area contributed by atoms with Gasteiger partial charge in [-0.3, -0.25) is 4.99 Å². The first-order valence-electron chi connectivity index (χ1n) is 6.46. The number of nitrogens with zero attached hydrogens (tertiary/aromatic N) is 1. The van der Waals surface area contributed by atoms with E-state index < -0.39 is 0 Å². The SMILES string of the molecule is I.NC(N)=NCCCCCOC1CCCCC1. The molecule has 1 aliphatic carbocycles. The van der Waals surface area contributed by atoms with Crippen LogP contribution in [-0.2, 0) is 4.74 Å². The van der Waals surface area contributed by atoms with Gasteiger partial charge < -0.3 is 16.2 Å². The van der Waals surface area contributed by atoms with Gasteiger partial charge in [0.25, 0.3) is 0 Å². The fraction of sp³-hybridized carbons (Fsp3) is 0.917. The van der Waals surface area contributed by atoms with Crippen molar-refractivity contribution in [3.8, 4) is 0 Å².